The van der Waals surface area contributed by atoms with Crippen molar-refractivity contribution in [1.82, 2.24) is 10.3 Å². The molecule has 0 aliphatic heterocycles. The number of benzene rings is 2. The lowest BCUT2D eigenvalue weighted by molar-refractivity contribution is 0.0950. The van der Waals surface area contributed by atoms with Gasteiger partial charge in [0.05, 0.1) is 19.1 Å². The van der Waals surface area contributed by atoms with Crippen LogP contribution in [0.25, 0.3) is 0 Å². The van der Waals surface area contributed by atoms with Crippen LogP contribution in [0.5, 0.6) is 23.1 Å². The maximum Gasteiger partial charge on any atom is 0.262 e. The van der Waals surface area contributed by atoms with Crippen LogP contribution in [-0.4, -0.2) is 40.1 Å². The van der Waals surface area contributed by atoms with E-state index in [0.717, 1.165) is 12.8 Å². The Morgan fingerprint density at radius 1 is 1.00 bits per heavy atom. The highest BCUT2D eigenvalue weighted by atomic mass is 32.2. The molecule has 2 N–H and O–H groups in total. The minimum atomic E-state index is -3.86. The average Bonchev–Trinajstić information content (AvgIpc) is 2.85. The van der Waals surface area contributed by atoms with Crippen molar-refractivity contribution in [2.45, 2.75) is 24.7 Å². The summed E-state index contributed by atoms with van der Waals surface area (Å²) in [5.74, 6) is 1.02. The maximum atomic E-state index is 12.8. The van der Waals surface area contributed by atoms with Crippen molar-refractivity contribution >= 4 is 21.6 Å². The number of anilines is 1. The Hall–Kier alpha value is -3.79. The molecule has 3 rings (SSSR count). The lowest BCUT2D eigenvalue weighted by atomic mass is 10.2. The van der Waals surface area contributed by atoms with E-state index >= 15 is 0 Å². The molecule has 10 heteroatoms. The second kappa shape index (κ2) is 11.4. The highest BCUT2D eigenvalue weighted by molar-refractivity contribution is 7.92. The summed E-state index contributed by atoms with van der Waals surface area (Å²) in [7, 11) is -0.958. The van der Waals surface area contributed by atoms with E-state index in [0.29, 0.717) is 35.0 Å². The molecule has 2 aromatic carbocycles. The first-order chi connectivity index (χ1) is 16.4. The van der Waals surface area contributed by atoms with E-state index in [1.54, 1.807) is 36.4 Å². The third-order valence-electron chi connectivity index (χ3n) is 4.82. The summed E-state index contributed by atoms with van der Waals surface area (Å²) in [6, 6.07) is 13.9. The number of ether oxygens (including phenoxy) is 3. The fourth-order valence-corrected chi connectivity index (χ4v) is 4.09. The van der Waals surface area contributed by atoms with Gasteiger partial charge in [0.2, 0.25) is 5.88 Å². The zero-order valence-electron chi connectivity index (χ0n) is 19.2. The van der Waals surface area contributed by atoms with Gasteiger partial charge >= 0.3 is 0 Å². The minimum absolute atomic E-state index is 0.0256. The summed E-state index contributed by atoms with van der Waals surface area (Å²) in [4.78, 5) is 16.6. The van der Waals surface area contributed by atoms with Crippen LogP contribution in [0.3, 0.4) is 0 Å². The van der Waals surface area contributed by atoms with Crippen LogP contribution in [0.15, 0.2) is 65.7 Å². The normalized spacial score (nSPS) is 10.9. The van der Waals surface area contributed by atoms with Crippen LogP contribution >= 0.6 is 0 Å². The predicted octanol–water partition coefficient (Wildman–Crippen LogP) is 4.22. The number of unbranched alkanes of at least 4 members (excludes halogenated alkanes) is 1. The van der Waals surface area contributed by atoms with Gasteiger partial charge in [0, 0.05) is 24.5 Å². The molecule has 3 aromatic rings. The molecule has 0 fully saturated rings. The van der Waals surface area contributed by atoms with Crippen molar-refractivity contribution in [2.24, 2.45) is 0 Å². The van der Waals surface area contributed by atoms with Crippen LogP contribution in [0, 0.1) is 0 Å². The number of carbonyl (C=O) groups is 1. The van der Waals surface area contributed by atoms with E-state index in [1.165, 1.54) is 38.6 Å². The lowest BCUT2D eigenvalue weighted by Gasteiger charge is -2.13. The molecule has 0 saturated heterocycles. The first kappa shape index (κ1) is 24.8. The Morgan fingerprint density at radius 3 is 2.41 bits per heavy atom. The summed E-state index contributed by atoms with van der Waals surface area (Å²) in [5.41, 5.74) is 0.650. The second-order valence-corrected chi connectivity index (χ2v) is 8.90. The number of sulfonamides is 1. The fourth-order valence-electron chi connectivity index (χ4n) is 3.02. The molecule has 1 heterocycles. The van der Waals surface area contributed by atoms with Gasteiger partial charge in [0.1, 0.15) is 11.3 Å². The van der Waals surface area contributed by atoms with Crippen molar-refractivity contribution in [3.8, 4) is 23.1 Å². The van der Waals surface area contributed by atoms with Gasteiger partial charge in [0.15, 0.2) is 11.5 Å². The number of aromatic nitrogens is 1. The molecule has 0 aliphatic rings. The third kappa shape index (κ3) is 6.16. The zero-order valence-corrected chi connectivity index (χ0v) is 20.0. The number of carbonyl (C=O) groups excluding carboxylic acids is 1. The molecule has 0 spiro atoms. The lowest BCUT2D eigenvalue weighted by Crippen LogP contribution is -2.24. The Kier molecular flexibility index (Phi) is 8.31. The summed E-state index contributed by atoms with van der Waals surface area (Å²) < 4.78 is 44.2. The molecule has 0 bridgehead atoms. The van der Waals surface area contributed by atoms with Crippen LogP contribution in [0.1, 0.15) is 30.1 Å². The molecular formula is C24H27N3O6S. The smallest absolute Gasteiger partial charge is 0.262 e. The maximum absolute atomic E-state index is 12.8. The quantitative estimate of drug-likeness (QED) is 0.391. The molecule has 1 aromatic heterocycles. The number of hydrogen-bond donors (Lipinski definition) is 2. The summed E-state index contributed by atoms with van der Waals surface area (Å²) in [6.45, 7) is 2.61. The third-order valence-corrected chi connectivity index (χ3v) is 6.20. The minimum Gasteiger partial charge on any atom is -0.493 e. The van der Waals surface area contributed by atoms with E-state index in [2.05, 4.69) is 15.0 Å². The highest BCUT2D eigenvalue weighted by Crippen LogP contribution is 2.30. The predicted molar refractivity (Wildman–Crippen MR) is 128 cm³/mol. The van der Waals surface area contributed by atoms with Crippen molar-refractivity contribution in [3.05, 3.63) is 66.4 Å². The molecule has 1 amide bonds. The Labute approximate surface area is 199 Å². The first-order valence-corrected chi connectivity index (χ1v) is 12.1. The first-order valence-electron chi connectivity index (χ1n) is 10.6. The van der Waals surface area contributed by atoms with Gasteiger partial charge in [-0.3, -0.25) is 9.52 Å². The Bertz CT molecular complexity index is 1230. The number of nitrogens with zero attached hydrogens (tertiary/aromatic N) is 1. The highest BCUT2D eigenvalue weighted by Gasteiger charge is 2.18. The van der Waals surface area contributed by atoms with Gasteiger partial charge < -0.3 is 19.5 Å². The summed E-state index contributed by atoms with van der Waals surface area (Å²) in [6.07, 6.45) is 3.38. The number of methoxy groups -OCH3 is 2. The fraction of sp³-hybridized carbons (Fsp3) is 0.250. The molecule has 34 heavy (non-hydrogen) atoms. The zero-order chi connectivity index (χ0) is 24.6. The van der Waals surface area contributed by atoms with E-state index in [9.17, 15) is 13.2 Å². The number of nitrogens with one attached hydrogen (secondary N) is 2. The number of pyridine rings is 1. The van der Waals surface area contributed by atoms with Crippen molar-refractivity contribution in [1.29, 1.82) is 0 Å². The average molecular weight is 486 g/mol. The number of hydrogen-bond acceptors (Lipinski definition) is 7. The van der Waals surface area contributed by atoms with Crippen LogP contribution in [0.2, 0.25) is 0 Å². The van der Waals surface area contributed by atoms with E-state index in [4.69, 9.17) is 14.2 Å². The molecular weight excluding hydrogens is 458 g/mol. The largest absolute Gasteiger partial charge is 0.493 e. The SMILES string of the molecule is CCCCNC(=O)c1cccnc1Oc1ccc(NS(=O)(=O)c2ccc(OC)c(OC)c2)cc1. The van der Waals surface area contributed by atoms with Gasteiger partial charge in [0.25, 0.3) is 15.9 Å². The molecule has 0 saturated carbocycles. The number of rotatable bonds is 11. The van der Waals surface area contributed by atoms with Crippen LogP contribution in [-0.2, 0) is 10.0 Å². The van der Waals surface area contributed by atoms with E-state index in [1.807, 2.05) is 6.92 Å². The topological polar surface area (TPSA) is 116 Å². The summed E-state index contributed by atoms with van der Waals surface area (Å²) >= 11 is 0. The summed E-state index contributed by atoms with van der Waals surface area (Å²) in [5, 5.41) is 2.84. The van der Waals surface area contributed by atoms with Gasteiger partial charge in [-0.05, 0) is 55.0 Å². The van der Waals surface area contributed by atoms with Crippen LogP contribution in [0.4, 0.5) is 5.69 Å². The van der Waals surface area contributed by atoms with Crippen molar-refractivity contribution in [3.63, 3.8) is 0 Å². The van der Waals surface area contributed by atoms with Gasteiger partial charge in [-0.1, -0.05) is 13.3 Å². The second-order valence-electron chi connectivity index (χ2n) is 7.21. The van der Waals surface area contributed by atoms with Crippen molar-refractivity contribution in [2.75, 3.05) is 25.5 Å². The van der Waals surface area contributed by atoms with Gasteiger partial charge in [-0.25, -0.2) is 13.4 Å². The van der Waals surface area contributed by atoms with Crippen molar-refractivity contribution < 1.29 is 27.4 Å². The molecule has 180 valence electrons. The molecule has 9 nitrogen and oxygen atoms in total. The number of amides is 1. The Balaban J connectivity index is 1.72. The van der Waals surface area contributed by atoms with E-state index in [-0.39, 0.29) is 16.7 Å². The Morgan fingerprint density at radius 2 is 1.74 bits per heavy atom. The monoisotopic (exact) mass is 485 g/mol. The standard InChI is InChI=1S/C24H27N3O6S/c1-4-5-14-25-23(28)20-7-6-15-26-24(20)33-18-10-8-17(9-11-18)27-34(29,30)19-12-13-21(31-2)22(16-19)32-3/h6-13,15-16,27H,4-5,14H2,1-3H3,(H,25,28). The molecule has 0 atom stereocenters. The molecule has 0 radical (unpaired) electrons. The molecule has 0 aliphatic carbocycles. The molecule has 0 unspecified atom stereocenters. The van der Waals surface area contributed by atoms with Gasteiger partial charge in [-0.2, -0.15) is 0 Å². The van der Waals surface area contributed by atoms with Crippen LogP contribution < -0.4 is 24.2 Å². The van der Waals surface area contributed by atoms with E-state index < -0.39 is 10.0 Å². The van der Waals surface area contributed by atoms with Gasteiger partial charge in [-0.15, -0.1) is 0 Å².